The van der Waals surface area contributed by atoms with Crippen LogP contribution in [0.15, 0.2) is 28.1 Å². The highest BCUT2D eigenvalue weighted by molar-refractivity contribution is 7.92. The number of carbonyl (C=O) groups is 2. The number of nitrogens with zero attached hydrogens (tertiary/aromatic N) is 2. The van der Waals surface area contributed by atoms with Gasteiger partial charge in [0.1, 0.15) is 5.92 Å². The van der Waals surface area contributed by atoms with Gasteiger partial charge < -0.3 is 4.90 Å². The Bertz CT molecular complexity index is 1230. The lowest BCUT2D eigenvalue weighted by Crippen LogP contribution is -2.45. The van der Waals surface area contributed by atoms with Crippen LogP contribution in [0.25, 0.3) is 0 Å². The number of benzene rings is 1. The van der Waals surface area contributed by atoms with Crippen molar-refractivity contribution in [3.63, 3.8) is 0 Å². The molecule has 1 aromatic rings. The summed E-state index contributed by atoms with van der Waals surface area (Å²) in [7, 11) is -7.53. The fourth-order valence-electron chi connectivity index (χ4n) is 4.30. The number of hydrogen-bond acceptors (Lipinski definition) is 7. The monoisotopic (exact) mass is 497 g/mol. The van der Waals surface area contributed by atoms with E-state index in [4.69, 9.17) is 0 Å². The molecule has 9 nitrogen and oxygen atoms in total. The maximum Gasteiger partial charge on any atom is 0.239 e. The molecule has 182 valence electrons. The Labute approximate surface area is 195 Å². The second-order valence-corrected chi connectivity index (χ2v) is 13.9. The van der Waals surface area contributed by atoms with E-state index in [0.717, 1.165) is 12.7 Å². The second kappa shape index (κ2) is 8.50. The van der Waals surface area contributed by atoms with Crippen LogP contribution in [0.3, 0.4) is 0 Å². The molecule has 2 aliphatic heterocycles. The lowest BCUT2D eigenvalue weighted by Gasteiger charge is -2.34. The Hall–Kier alpha value is -2.27. The van der Waals surface area contributed by atoms with E-state index < -0.39 is 48.9 Å². The van der Waals surface area contributed by atoms with E-state index in [2.05, 4.69) is 9.71 Å². The van der Waals surface area contributed by atoms with Crippen LogP contribution < -0.4 is 4.72 Å². The number of anilines is 1. The zero-order chi connectivity index (χ0) is 24.9. The molecule has 0 radical (unpaired) electrons. The third-order valence-electron chi connectivity index (χ3n) is 5.70. The van der Waals surface area contributed by atoms with Gasteiger partial charge in [-0.2, -0.15) is 0 Å². The van der Waals surface area contributed by atoms with E-state index >= 15 is 0 Å². The van der Waals surface area contributed by atoms with Gasteiger partial charge in [-0.3, -0.25) is 19.3 Å². The van der Waals surface area contributed by atoms with Crippen LogP contribution in [0.2, 0.25) is 0 Å². The molecule has 2 unspecified atom stereocenters. The molecular weight excluding hydrogens is 466 g/mol. The summed E-state index contributed by atoms with van der Waals surface area (Å²) >= 11 is 0. The quantitative estimate of drug-likeness (QED) is 0.601. The molecule has 0 saturated carbocycles. The summed E-state index contributed by atoms with van der Waals surface area (Å²) in [5, 5.41) is 0. The highest BCUT2D eigenvalue weighted by atomic mass is 32.2. The number of nitrogens with one attached hydrogen (secondary N) is 1. The van der Waals surface area contributed by atoms with Crippen molar-refractivity contribution in [2.45, 2.75) is 52.0 Å². The summed E-state index contributed by atoms with van der Waals surface area (Å²) in [6, 6.07) is 3.31. The number of sulfonamides is 1. The molecule has 1 amide bonds. The van der Waals surface area contributed by atoms with E-state index in [9.17, 15) is 26.4 Å². The third-order valence-corrected chi connectivity index (χ3v) is 7.98. The topological polar surface area (TPSA) is 130 Å². The Kier molecular flexibility index (Phi) is 6.53. The van der Waals surface area contributed by atoms with E-state index in [1.807, 2.05) is 34.6 Å². The summed E-state index contributed by atoms with van der Waals surface area (Å²) in [5.41, 5.74) is -0.318. The molecule has 33 heavy (non-hydrogen) atoms. The van der Waals surface area contributed by atoms with Crippen molar-refractivity contribution in [3.05, 3.63) is 18.2 Å². The molecular formula is C22H31N3O6S2. The summed E-state index contributed by atoms with van der Waals surface area (Å²) in [6.07, 6.45) is 1.69. The molecule has 0 aromatic heterocycles. The number of Topliss-reactive ketones (excluding diaryl/α,β-unsaturated/α-hetero) is 1. The van der Waals surface area contributed by atoms with E-state index in [1.165, 1.54) is 18.2 Å². The van der Waals surface area contributed by atoms with Crippen molar-refractivity contribution in [2.24, 2.45) is 22.2 Å². The van der Waals surface area contributed by atoms with Crippen LogP contribution in [-0.2, 0) is 29.4 Å². The number of carbonyl (C=O) groups excluding carboxylic acids is 2. The summed E-state index contributed by atoms with van der Waals surface area (Å²) in [6.45, 7) is 10.1. The molecule has 2 heterocycles. The Morgan fingerprint density at radius 1 is 1.21 bits per heavy atom. The summed E-state index contributed by atoms with van der Waals surface area (Å²) in [4.78, 5) is 32.6. The standard InChI is InChI=1S/C22H31N3O6S2/c1-13(2)9-10-25-20(22(3,4)5)19(26)18(21(25)27)16-12-33(30,31)17-11-14(24-32(6,28)29)7-8-15(17)23-16/h7-8,11,13,18,20,24H,9-10,12H2,1-6H3. The predicted octanol–water partition coefficient (Wildman–Crippen LogP) is 2.41. The highest BCUT2D eigenvalue weighted by Gasteiger charge is 2.54. The van der Waals surface area contributed by atoms with Gasteiger partial charge in [-0.25, -0.2) is 16.8 Å². The normalized spacial score (nSPS) is 23.0. The Morgan fingerprint density at radius 2 is 1.85 bits per heavy atom. The van der Waals surface area contributed by atoms with E-state index in [-0.39, 0.29) is 27.8 Å². The van der Waals surface area contributed by atoms with Crippen molar-refractivity contribution in [1.82, 2.24) is 4.90 Å². The van der Waals surface area contributed by atoms with Crippen molar-refractivity contribution >= 4 is 48.6 Å². The SMILES string of the molecule is CC(C)CCN1C(=O)C(C2=Nc3ccc(NS(C)(=O)=O)cc3S(=O)(=O)C2)C(=O)C1C(C)(C)C. The maximum atomic E-state index is 13.4. The second-order valence-electron chi connectivity index (χ2n) is 10.2. The van der Waals surface area contributed by atoms with Gasteiger partial charge in [-0.1, -0.05) is 34.6 Å². The average molecular weight is 498 g/mol. The molecule has 1 aromatic carbocycles. The number of hydrogen-bond donors (Lipinski definition) is 1. The minimum Gasteiger partial charge on any atom is -0.331 e. The molecule has 1 fully saturated rings. The first kappa shape index (κ1) is 25.4. The van der Waals surface area contributed by atoms with Crippen LogP contribution in [0.5, 0.6) is 0 Å². The molecule has 1 saturated heterocycles. The first-order chi connectivity index (χ1) is 15.0. The predicted molar refractivity (Wildman–Crippen MR) is 127 cm³/mol. The largest absolute Gasteiger partial charge is 0.331 e. The van der Waals surface area contributed by atoms with Crippen LogP contribution in [0, 0.1) is 17.3 Å². The zero-order valence-corrected chi connectivity index (χ0v) is 21.4. The van der Waals surface area contributed by atoms with Crippen LogP contribution in [-0.4, -0.2) is 63.7 Å². The minimum absolute atomic E-state index is 0.0163. The zero-order valence-electron chi connectivity index (χ0n) is 19.7. The molecule has 0 spiro atoms. The van der Waals surface area contributed by atoms with Gasteiger partial charge in [-0.15, -0.1) is 0 Å². The lowest BCUT2D eigenvalue weighted by atomic mass is 9.82. The fraction of sp³-hybridized carbons (Fsp3) is 0.591. The molecule has 11 heteroatoms. The number of amides is 1. The molecule has 2 atom stereocenters. The lowest BCUT2D eigenvalue weighted by molar-refractivity contribution is -0.131. The maximum absolute atomic E-state index is 13.4. The molecule has 0 aliphatic carbocycles. The minimum atomic E-state index is -3.94. The molecule has 1 N–H and O–H groups in total. The Balaban J connectivity index is 2.04. The van der Waals surface area contributed by atoms with Gasteiger partial charge in [-0.05, 0) is 36.0 Å². The van der Waals surface area contributed by atoms with Gasteiger partial charge in [0.25, 0.3) is 0 Å². The highest BCUT2D eigenvalue weighted by Crippen LogP contribution is 2.39. The number of sulfone groups is 1. The molecule has 2 aliphatic rings. The number of rotatable bonds is 6. The van der Waals surface area contributed by atoms with Crippen molar-refractivity contribution < 1.29 is 26.4 Å². The fourth-order valence-corrected chi connectivity index (χ4v) is 6.37. The Morgan fingerprint density at radius 3 is 2.39 bits per heavy atom. The molecule has 3 rings (SSSR count). The smallest absolute Gasteiger partial charge is 0.239 e. The van der Waals surface area contributed by atoms with E-state index in [0.29, 0.717) is 12.5 Å². The first-order valence-corrected chi connectivity index (χ1v) is 14.3. The van der Waals surface area contributed by atoms with Gasteiger partial charge in [0.2, 0.25) is 15.9 Å². The van der Waals surface area contributed by atoms with Gasteiger partial charge in [0.15, 0.2) is 15.6 Å². The van der Waals surface area contributed by atoms with Crippen molar-refractivity contribution in [1.29, 1.82) is 0 Å². The van der Waals surface area contributed by atoms with Crippen LogP contribution >= 0.6 is 0 Å². The van der Waals surface area contributed by atoms with Crippen molar-refractivity contribution in [3.8, 4) is 0 Å². The average Bonchev–Trinajstić information content (AvgIpc) is 2.88. The van der Waals surface area contributed by atoms with Gasteiger partial charge in [0, 0.05) is 12.2 Å². The number of aliphatic imine (C=N–C) groups is 1. The summed E-state index contributed by atoms with van der Waals surface area (Å²) in [5.74, 6) is -2.21. The number of ketones is 1. The van der Waals surface area contributed by atoms with Crippen LogP contribution in [0.4, 0.5) is 11.4 Å². The van der Waals surface area contributed by atoms with E-state index in [1.54, 1.807) is 4.90 Å². The number of fused-ring (bicyclic) bond motifs is 1. The van der Waals surface area contributed by atoms with Crippen molar-refractivity contribution in [2.75, 3.05) is 23.3 Å². The van der Waals surface area contributed by atoms with Crippen LogP contribution in [0.1, 0.15) is 41.0 Å². The van der Waals surface area contributed by atoms with Gasteiger partial charge >= 0.3 is 0 Å². The molecule has 0 bridgehead atoms. The van der Waals surface area contributed by atoms with Gasteiger partial charge in [0.05, 0.1) is 34.3 Å². The first-order valence-electron chi connectivity index (χ1n) is 10.8. The number of likely N-dealkylation sites (tertiary alicyclic amines) is 1. The summed E-state index contributed by atoms with van der Waals surface area (Å²) < 4.78 is 51.3. The third kappa shape index (κ3) is 5.29.